The number of aliphatic hydroxyl groups is 1. The number of aliphatic hydroxyl groups excluding tert-OH is 1. The molecular formula is C20H19N3O4S. The number of aromatic nitrogens is 2. The van der Waals surface area contributed by atoms with E-state index in [1.807, 2.05) is 12.1 Å². The van der Waals surface area contributed by atoms with Gasteiger partial charge in [0.15, 0.2) is 22.6 Å². The van der Waals surface area contributed by atoms with Crippen LogP contribution in [0.25, 0.3) is 11.3 Å². The molecule has 0 bridgehead atoms. The summed E-state index contributed by atoms with van der Waals surface area (Å²) in [5.74, 6) is 1.47. The minimum absolute atomic E-state index is 0.0281. The highest BCUT2D eigenvalue weighted by Crippen LogP contribution is 2.58. The van der Waals surface area contributed by atoms with Crippen molar-refractivity contribution in [2.24, 2.45) is 0 Å². The number of ether oxygens (including phenoxy) is 1. The van der Waals surface area contributed by atoms with E-state index in [0.29, 0.717) is 22.4 Å². The topological polar surface area (TPSA) is 97.5 Å². The molecule has 1 saturated carbocycles. The summed E-state index contributed by atoms with van der Waals surface area (Å²) in [6.07, 6.45) is 4.58. The first-order chi connectivity index (χ1) is 13.6. The lowest BCUT2D eigenvalue weighted by molar-refractivity contribution is 0.282. The highest BCUT2D eigenvalue weighted by molar-refractivity contribution is 7.86. The van der Waals surface area contributed by atoms with Crippen molar-refractivity contribution in [2.45, 2.75) is 36.2 Å². The number of hydrogen-bond acceptors (Lipinski definition) is 6. The van der Waals surface area contributed by atoms with Crippen LogP contribution in [0.1, 0.15) is 29.5 Å². The maximum atomic E-state index is 12.9. The average Bonchev–Trinajstić information content (AvgIpc) is 3.40. The van der Waals surface area contributed by atoms with Crippen molar-refractivity contribution >= 4 is 16.8 Å². The van der Waals surface area contributed by atoms with Gasteiger partial charge in [-0.25, -0.2) is 9.19 Å². The number of fused-ring (bicyclic) bond motifs is 4. The molecule has 2 N–H and O–H groups in total. The van der Waals surface area contributed by atoms with Crippen molar-refractivity contribution < 1.29 is 18.6 Å². The minimum Gasteiger partial charge on any atom is -0.480 e. The third-order valence-corrected chi connectivity index (χ3v) is 6.65. The molecule has 1 spiro atoms. The molecule has 0 radical (unpaired) electrons. The number of anilines is 1. The Morgan fingerprint density at radius 3 is 2.96 bits per heavy atom. The van der Waals surface area contributed by atoms with E-state index in [9.17, 15) is 9.32 Å². The summed E-state index contributed by atoms with van der Waals surface area (Å²) in [6, 6.07) is 9.42. The maximum absolute atomic E-state index is 12.9. The van der Waals surface area contributed by atoms with E-state index in [1.54, 1.807) is 18.3 Å². The Morgan fingerprint density at radius 2 is 2.21 bits per heavy atom. The lowest BCUT2D eigenvalue weighted by atomic mass is 9.79. The van der Waals surface area contributed by atoms with Gasteiger partial charge in [0.1, 0.15) is 4.90 Å². The Hall–Kier alpha value is -2.71. The smallest absolute Gasteiger partial charge is 0.231 e. The Kier molecular flexibility index (Phi) is 3.99. The molecule has 7 nitrogen and oxygen atoms in total. The lowest BCUT2D eigenvalue weighted by Gasteiger charge is -2.24. The van der Waals surface area contributed by atoms with Crippen molar-refractivity contribution in [2.75, 3.05) is 11.8 Å². The molecule has 2 heterocycles. The molecule has 5 rings (SSSR count). The Labute approximate surface area is 164 Å². The maximum Gasteiger partial charge on any atom is 0.231 e. The van der Waals surface area contributed by atoms with Crippen LogP contribution in [0.2, 0.25) is 0 Å². The Bertz CT molecular complexity index is 1090. The molecule has 0 saturated heterocycles. The van der Waals surface area contributed by atoms with Crippen molar-refractivity contribution in [3.8, 4) is 17.2 Å². The molecule has 1 aromatic carbocycles. The van der Waals surface area contributed by atoms with E-state index in [1.165, 1.54) is 12.7 Å². The molecule has 0 aliphatic heterocycles. The number of rotatable bonds is 5. The quantitative estimate of drug-likeness (QED) is 0.687. The molecule has 0 amide bonds. The SMILES string of the molecule is COc1ncccc1S(=O)Nc1noc2c1CC1(CC1)c1ccc(CO)cc1-2. The van der Waals surface area contributed by atoms with Gasteiger partial charge in [0.25, 0.3) is 0 Å². The van der Waals surface area contributed by atoms with E-state index in [-0.39, 0.29) is 12.0 Å². The van der Waals surface area contributed by atoms with Gasteiger partial charge in [-0.15, -0.1) is 0 Å². The fourth-order valence-electron chi connectivity index (χ4n) is 3.95. The van der Waals surface area contributed by atoms with Gasteiger partial charge < -0.3 is 14.4 Å². The van der Waals surface area contributed by atoms with Crippen LogP contribution in [0.3, 0.4) is 0 Å². The molecule has 1 atom stereocenters. The Balaban J connectivity index is 1.53. The standard InChI is InChI=1S/C20H19N3O4S/c1-26-19-16(3-2-8-21-19)28(25)23-18-14-10-20(6-7-20)15-5-4-12(11-24)9-13(15)17(14)27-22-18/h2-5,8-9,24H,6-7,10-11H2,1H3,(H,22,23). The zero-order valence-electron chi connectivity index (χ0n) is 15.3. The van der Waals surface area contributed by atoms with Crippen LogP contribution in [-0.4, -0.2) is 26.6 Å². The summed E-state index contributed by atoms with van der Waals surface area (Å²) in [5, 5.41) is 13.7. The fraction of sp³-hybridized carbons (Fsp3) is 0.300. The van der Waals surface area contributed by atoms with Crippen LogP contribution in [-0.2, 0) is 29.4 Å². The molecular weight excluding hydrogens is 378 g/mol. The van der Waals surface area contributed by atoms with Crippen molar-refractivity contribution in [3.63, 3.8) is 0 Å². The van der Waals surface area contributed by atoms with Crippen LogP contribution in [0.5, 0.6) is 5.88 Å². The number of benzene rings is 1. The van der Waals surface area contributed by atoms with Gasteiger partial charge >= 0.3 is 0 Å². The first-order valence-electron chi connectivity index (χ1n) is 9.06. The van der Waals surface area contributed by atoms with Crippen molar-refractivity contribution in [1.82, 2.24) is 10.1 Å². The Morgan fingerprint density at radius 1 is 1.36 bits per heavy atom. The van der Waals surface area contributed by atoms with Crippen molar-refractivity contribution in [1.29, 1.82) is 0 Å². The first kappa shape index (κ1) is 17.4. The normalized spacial score (nSPS) is 16.9. The van der Waals surface area contributed by atoms with Gasteiger partial charge in [-0.1, -0.05) is 17.3 Å². The van der Waals surface area contributed by atoms with Gasteiger partial charge in [-0.2, -0.15) is 0 Å². The fourth-order valence-corrected chi connectivity index (χ4v) is 4.89. The van der Waals surface area contributed by atoms with Crippen LogP contribution in [0, 0.1) is 0 Å². The number of hydrogen-bond donors (Lipinski definition) is 2. The monoisotopic (exact) mass is 397 g/mol. The molecule has 2 aromatic heterocycles. The second-order valence-electron chi connectivity index (χ2n) is 7.22. The molecule has 1 fully saturated rings. The average molecular weight is 397 g/mol. The lowest BCUT2D eigenvalue weighted by Crippen LogP contribution is -2.18. The summed E-state index contributed by atoms with van der Waals surface area (Å²) in [5.41, 5.74) is 4.06. The van der Waals surface area contributed by atoms with Crippen molar-refractivity contribution in [3.05, 3.63) is 53.2 Å². The number of nitrogens with one attached hydrogen (secondary N) is 1. The highest BCUT2D eigenvalue weighted by atomic mass is 32.2. The second-order valence-corrected chi connectivity index (χ2v) is 8.40. The number of methoxy groups -OCH3 is 1. The van der Waals surface area contributed by atoms with E-state index >= 15 is 0 Å². The molecule has 8 heteroatoms. The molecule has 144 valence electrons. The zero-order chi connectivity index (χ0) is 19.3. The summed E-state index contributed by atoms with van der Waals surface area (Å²) in [6.45, 7) is -0.0281. The molecule has 2 aliphatic carbocycles. The number of nitrogens with zero attached hydrogens (tertiary/aromatic N) is 2. The van der Waals surface area contributed by atoms with Gasteiger partial charge in [-0.3, -0.25) is 4.72 Å². The van der Waals surface area contributed by atoms with Crippen LogP contribution in [0.4, 0.5) is 5.82 Å². The molecule has 1 unspecified atom stereocenters. The van der Waals surface area contributed by atoms with E-state index < -0.39 is 11.0 Å². The summed E-state index contributed by atoms with van der Waals surface area (Å²) in [4.78, 5) is 4.54. The van der Waals surface area contributed by atoms with Crippen LogP contribution in [0.15, 0.2) is 45.9 Å². The van der Waals surface area contributed by atoms with Gasteiger partial charge in [0.2, 0.25) is 5.88 Å². The molecule has 28 heavy (non-hydrogen) atoms. The summed E-state index contributed by atoms with van der Waals surface area (Å²) >= 11 is 0. The predicted molar refractivity (Wildman–Crippen MR) is 103 cm³/mol. The largest absolute Gasteiger partial charge is 0.480 e. The second kappa shape index (κ2) is 6.42. The van der Waals surface area contributed by atoms with Gasteiger partial charge in [0, 0.05) is 22.7 Å². The minimum atomic E-state index is -1.59. The van der Waals surface area contributed by atoms with Gasteiger partial charge in [-0.05, 0) is 48.6 Å². The van der Waals surface area contributed by atoms with Gasteiger partial charge in [0.05, 0.1) is 13.7 Å². The van der Waals surface area contributed by atoms with E-state index in [0.717, 1.165) is 36.0 Å². The third-order valence-electron chi connectivity index (χ3n) is 5.56. The number of pyridine rings is 1. The predicted octanol–water partition coefficient (Wildman–Crippen LogP) is 2.96. The van der Waals surface area contributed by atoms with Crippen LogP contribution < -0.4 is 9.46 Å². The molecule has 3 aromatic rings. The van der Waals surface area contributed by atoms with Crippen LogP contribution >= 0.6 is 0 Å². The first-order valence-corrected chi connectivity index (χ1v) is 10.2. The third kappa shape index (κ3) is 2.63. The summed E-state index contributed by atoms with van der Waals surface area (Å²) < 4.78 is 26.7. The highest BCUT2D eigenvalue weighted by Gasteiger charge is 2.50. The summed E-state index contributed by atoms with van der Waals surface area (Å²) in [7, 11) is -0.0969. The van der Waals surface area contributed by atoms with E-state index in [2.05, 4.69) is 20.9 Å². The molecule has 2 aliphatic rings. The van der Waals surface area contributed by atoms with E-state index in [4.69, 9.17) is 9.26 Å². The zero-order valence-corrected chi connectivity index (χ0v) is 16.1.